The average Bonchev–Trinajstić information content (AvgIpc) is 3.26. The van der Waals surface area contributed by atoms with Crippen molar-refractivity contribution in [1.29, 1.82) is 0 Å². The zero-order valence-electron chi connectivity index (χ0n) is 16.4. The van der Waals surface area contributed by atoms with Crippen molar-refractivity contribution >= 4 is 23.8 Å². The second kappa shape index (κ2) is 8.54. The second-order valence-corrected chi connectivity index (χ2v) is 7.78. The number of carbonyl (C=O) groups excluding carboxylic acids is 4. The van der Waals surface area contributed by atoms with Crippen LogP contribution >= 0.6 is 0 Å². The van der Waals surface area contributed by atoms with Gasteiger partial charge in [0.15, 0.2) is 0 Å². The number of nitrogens with zero attached hydrogens (tertiary/aromatic N) is 2. The maximum Gasteiger partial charge on any atom is 0.334 e. The molecule has 3 rings (SSSR count). The standard InChI is InChI=1S/C21H27N3O4/c1-14(2)16-9-7-15(8-10-16)11-12-22-18(25)13-23-19(26)20(27)24(21(23)28)17-5-3-4-6-17/h7-10,14,17H,3-6,11-13H2,1-2H3,(H,22,25). The molecule has 0 aromatic heterocycles. The van der Waals surface area contributed by atoms with Crippen LogP contribution in [0.1, 0.15) is 56.6 Å². The van der Waals surface area contributed by atoms with Crippen LogP contribution in [0.15, 0.2) is 24.3 Å². The van der Waals surface area contributed by atoms with Crippen LogP contribution in [0.2, 0.25) is 0 Å². The molecule has 0 unspecified atom stereocenters. The number of hydrogen-bond donors (Lipinski definition) is 1. The Bertz CT molecular complexity index is 766. The number of hydrogen-bond acceptors (Lipinski definition) is 4. The first-order chi connectivity index (χ1) is 13.4. The van der Waals surface area contributed by atoms with E-state index < -0.39 is 30.3 Å². The van der Waals surface area contributed by atoms with E-state index in [4.69, 9.17) is 0 Å². The summed E-state index contributed by atoms with van der Waals surface area (Å²) < 4.78 is 0. The molecule has 150 valence electrons. The Labute approximate surface area is 165 Å². The van der Waals surface area contributed by atoms with E-state index in [9.17, 15) is 19.2 Å². The number of rotatable bonds is 7. The predicted octanol–water partition coefficient (Wildman–Crippen LogP) is 2.20. The molecule has 7 nitrogen and oxygen atoms in total. The summed E-state index contributed by atoms with van der Waals surface area (Å²) in [5.74, 6) is -1.69. The maximum atomic E-state index is 12.5. The third kappa shape index (κ3) is 4.24. The first-order valence-corrected chi connectivity index (χ1v) is 9.93. The van der Waals surface area contributed by atoms with Crippen LogP contribution in [-0.2, 0) is 20.8 Å². The van der Waals surface area contributed by atoms with Crippen molar-refractivity contribution in [2.75, 3.05) is 13.1 Å². The van der Waals surface area contributed by atoms with Crippen molar-refractivity contribution in [2.24, 2.45) is 0 Å². The quantitative estimate of drug-likeness (QED) is 0.576. The number of imide groups is 2. The van der Waals surface area contributed by atoms with Gasteiger partial charge in [-0.05, 0) is 36.3 Å². The van der Waals surface area contributed by atoms with Crippen LogP contribution in [0.3, 0.4) is 0 Å². The van der Waals surface area contributed by atoms with Gasteiger partial charge in [-0.3, -0.25) is 19.3 Å². The number of amides is 5. The van der Waals surface area contributed by atoms with E-state index in [1.54, 1.807) is 0 Å². The molecule has 1 aliphatic carbocycles. The zero-order chi connectivity index (χ0) is 20.3. The van der Waals surface area contributed by atoms with Gasteiger partial charge < -0.3 is 5.32 Å². The van der Waals surface area contributed by atoms with Gasteiger partial charge in [-0.25, -0.2) is 9.69 Å². The Balaban J connectivity index is 1.49. The minimum Gasteiger partial charge on any atom is -0.354 e. The molecule has 1 saturated heterocycles. The third-order valence-corrected chi connectivity index (χ3v) is 5.46. The molecular formula is C21H27N3O4. The van der Waals surface area contributed by atoms with Crippen LogP contribution in [0, 0.1) is 0 Å². The molecule has 1 saturated carbocycles. The van der Waals surface area contributed by atoms with Gasteiger partial charge in [0.25, 0.3) is 0 Å². The summed E-state index contributed by atoms with van der Waals surface area (Å²) in [5, 5.41) is 2.72. The van der Waals surface area contributed by atoms with E-state index in [1.807, 2.05) is 12.1 Å². The van der Waals surface area contributed by atoms with Gasteiger partial charge in [0.05, 0.1) is 0 Å². The Morgan fingerprint density at radius 1 is 1.07 bits per heavy atom. The van der Waals surface area contributed by atoms with Gasteiger partial charge in [0.1, 0.15) is 6.54 Å². The zero-order valence-corrected chi connectivity index (χ0v) is 16.4. The van der Waals surface area contributed by atoms with Crippen molar-refractivity contribution < 1.29 is 19.2 Å². The SMILES string of the molecule is CC(C)c1ccc(CCNC(=O)CN2C(=O)C(=O)N(C3CCCC3)C2=O)cc1. The molecule has 0 atom stereocenters. The highest BCUT2D eigenvalue weighted by Crippen LogP contribution is 2.27. The molecule has 5 amide bonds. The summed E-state index contributed by atoms with van der Waals surface area (Å²) in [6, 6.07) is 7.34. The van der Waals surface area contributed by atoms with E-state index in [0.29, 0.717) is 18.9 Å². The van der Waals surface area contributed by atoms with E-state index in [1.165, 1.54) is 5.56 Å². The highest BCUT2D eigenvalue weighted by atomic mass is 16.2. The minimum absolute atomic E-state index is 0.217. The second-order valence-electron chi connectivity index (χ2n) is 7.78. The summed E-state index contributed by atoms with van der Waals surface area (Å²) in [7, 11) is 0. The Kier molecular flexibility index (Phi) is 6.11. The molecule has 28 heavy (non-hydrogen) atoms. The number of nitrogens with one attached hydrogen (secondary N) is 1. The van der Waals surface area contributed by atoms with E-state index in [-0.39, 0.29) is 6.04 Å². The first-order valence-electron chi connectivity index (χ1n) is 9.93. The Morgan fingerprint density at radius 2 is 1.71 bits per heavy atom. The van der Waals surface area contributed by atoms with Crippen molar-refractivity contribution in [3.63, 3.8) is 0 Å². The molecule has 1 aromatic rings. The summed E-state index contributed by atoms with van der Waals surface area (Å²) >= 11 is 0. The topological polar surface area (TPSA) is 86.8 Å². The molecular weight excluding hydrogens is 358 g/mol. The normalized spacial score (nSPS) is 17.9. The third-order valence-electron chi connectivity index (χ3n) is 5.46. The van der Waals surface area contributed by atoms with Crippen LogP contribution in [-0.4, -0.2) is 52.7 Å². The number of benzene rings is 1. The molecule has 1 N–H and O–H groups in total. The largest absolute Gasteiger partial charge is 0.354 e. The maximum absolute atomic E-state index is 12.5. The monoisotopic (exact) mass is 385 g/mol. The molecule has 2 fully saturated rings. The lowest BCUT2D eigenvalue weighted by Crippen LogP contribution is -2.43. The van der Waals surface area contributed by atoms with Crippen LogP contribution in [0.4, 0.5) is 4.79 Å². The molecule has 1 aromatic carbocycles. The van der Waals surface area contributed by atoms with Gasteiger partial charge in [-0.1, -0.05) is 51.0 Å². The fourth-order valence-corrected chi connectivity index (χ4v) is 3.76. The van der Waals surface area contributed by atoms with Gasteiger partial charge in [-0.2, -0.15) is 0 Å². The fourth-order valence-electron chi connectivity index (χ4n) is 3.76. The van der Waals surface area contributed by atoms with Gasteiger partial charge in [-0.15, -0.1) is 0 Å². The summed E-state index contributed by atoms with van der Waals surface area (Å²) in [5.41, 5.74) is 2.36. The number of carbonyl (C=O) groups is 4. The molecule has 0 bridgehead atoms. The van der Waals surface area contributed by atoms with E-state index in [2.05, 4.69) is 31.3 Å². The Hall–Kier alpha value is -2.70. The lowest BCUT2D eigenvalue weighted by molar-refractivity contribution is -0.144. The van der Waals surface area contributed by atoms with Crippen LogP contribution < -0.4 is 5.32 Å². The van der Waals surface area contributed by atoms with Gasteiger partial charge >= 0.3 is 17.8 Å². The summed E-state index contributed by atoms with van der Waals surface area (Å²) in [6.07, 6.45) is 3.98. The van der Waals surface area contributed by atoms with E-state index in [0.717, 1.165) is 41.0 Å². The highest BCUT2D eigenvalue weighted by Gasteiger charge is 2.48. The molecule has 1 heterocycles. The summed E-state index contributed by atoms with van der Waals surface area (Å²) in [4.78, 5) is 50.7. The Morgan fingerprint density at radius 3 is 2.32 bits per heavy atom. The lowest BCUT2D eigenvalue weighted by Gasteiger charge is -2.20. The van der Waals surface area contributed by atoms with Crippen molar-refractivity contribution in [2.45, 2.75) is 57.9 Å². The van der Waals surface area contributed by atoms with Crippen molar-refractivity contribution in [3.05, 3.63) is 35.4 Å². The minimum atomic E-state index is -0.906. The molecule has 0 radical (unpaired) electrons. The van der Waals surface area contributed by atoms with Gasteiger partial charge in [0, 0.05) is 12.6 Å². The lowest BCUT2D eigenvalue weighted by atomic mass is 10.0. The fraction of sp³-hybridized carbons (Fsp3) is 0.524. The van der Waals surface area contributed by atoms with Gasteiger partial charge in [0.2, 0.25) is 5.91 Å². The molecule has 2 aliphatic rings. The molecule has 0 spiro atoms. The van der Waals surface area contributed by atoms with Crippen LogP contribution in [0.25, 0.3) is 0 Å². The van der Waals surface area contributed by atoms with Crippen molar-refractivity contribution in [1.82, 2.24) is 15.1 Å². The van der Waals surface area contributed by atoms with Crippen LogP contribution in [0.5, 0.6) is 0 Å². The van der Waals surface area contributed by atoms with E-state index >= 15 is 0 Å². The van der Waals surface area contributed by atoms with Crippen molar-refractivity contribution in [3.8, 4) is 0 Å². The predicted molar refractivity (Wildman–Crippen MR) is 103 cm³/mol. The molecule has 7 heteroatoms. The summed E-state index contributed by atoms with van der Waals surface area (Å²) in [6.45, 7) is 4.25. The average molecular weight is 385 g/mol. The smallest absolute Gasteiger partial charge is 0.334 e. The highest BCUT2D eigenvalue weighted by molar-refractivity contribution is 6.45. The number of urea groups is 1. The molecule has 1 aliphatic heterocycles. The first kappa shape index (κ1) is 20.0.